The Labute approximate surface area is 158 Å². The quantitative estimate of drug-likeness (QED) is 0.255. The molecule has 1 rings (SSSR count). The first-order valence-corrected chi connectivity index (χ1v) is 8.41. The average molecular weight is 436 g/mol. The fourth-order valence-corrected chi connectivity index (χ4v) is 2.27. The summed E-state index contributed by atoms with van der Waals surface area (Å²) in [6.07, 6.45) is 6.74. The van der Waals surface area contributed by atoms with Crippen LogP contribution in [0, 0.1) is 0 Å². The summed E-state index contributed by atoms with van der Waals surface area (Å²) in [6, 6.07) is 4.09. The maximum absolute atomic E-state index is 5.52. The summed E-state index contributed by atoms with van der Waals surface area (Å²) >= 11 is 0. The number of nitrogens with one attached hydrogen (secondary N) is 2. The first-order chi connectivity index (χ1) is 10.7. The Morgan fingerprint density at radius 3 is 2.57 bits per heavy atom. The van der Waals surface area contributed by atoms with Crippen molar-refractivity contribution in [2.45, 2.75) is 45.6 Å². The molecule has 5 nitrogen and oxygen atoms in total. The van der Waals surface area contributed by atoms with Crippen LogP contribution in [0.5, 0.6) is 0 Å². The lowest BCUT2D eigenvalue weighted by Crippen LogP contribution is -2.38. The number of furan rings is 1. The van der Waals surface area contributed by atoms with Crippen molar-refractivity contribution in [2.75, 3.05) is 33.7 Å². The molecule has 0 aliphatic rings. The molecule has 0 amide bonds. The normalized spacial score (nSPS) is 12.8. The van der Waals surface area contributed by atoms with Gasteiger partial charge in [-0.2, -0.15) is 0 Å². The molecule has 1 heterocycles. The minimum atomic E-state index is 0. The third-order valence-electron chi connectivity index (χ3n) is 3.58. The summed E-state index contributed by atoms with van der Waals surface area (Å²) in [5.74, 6) is 1.84. The number of unbranched alkanes of at least 4 members (excludes halogenated alkanes) is 3. The van der Waals surface area contributed by atoms with Crippen LogP contribution in [0.25, 0.3) is 0 Å². The van der Waals surface area contributed by atoms with Gasteiger partial charge in [0.25, 0.3) is 0 Å². The van der Waals surface area contributed by atoms with Crippen molar-refractivity contribution in [3.05, 3.63) is 24.2 Å². The fraction of sp³-hybridized carbons (Fsp3) is 0.706. The number of rotatable bonds is 10. The van der Waals surface area contributed by atoms with Crippen molar-refractivity contribution >= 4 is 29.9 Å². The highest BCUT2D eigenvalue weighted by molar-refractivity contribution is 14.0. The molecule has 0 radical (unpaired) electrons. The Hall–Kier alpha value is -0.760. The van der Waals surface area contributed by atoms with E-state index in [1.54, 1.807) is 6.26 Å². The largest absolute Gasteiger partial charge is 0.468 e. The molecular formula is C17H33IN4O. The molecule has 2 N–H and O–H groups in total. The third kappa shape index (κ3) is 9.20. The number of hydrogen-bond donors (Lipinski definition) is 2. The van der Waals surface area contributed by atoms with E-state index in [0.29, 0.717) is 6.54 Å². The van der Waals surface area contributed by atoms with Gasteiger partial charge in [-0.3, -0.25) is 9.89 Å². The Morgan fingerprint density at radius 2 is 2.00 bits per heavy atom. The summed E-state index contributed by atoms with van der Waals surface area (Å²) in [5, 5.41) is 6.71. The number of guanidine groups is 1. The molecule has 23 heavy (non-hydrogen) atoms. The van der Waals surface area contributed by atoms with Gasteiger partial charge in [-0.05, 0) is 39.6 Å². The van der Waals surface area contributed by atoms with E-state index < -0.39 is 0 Å². The summed E-state index contributed by atoms with van der Waals surface area (Å²) in [7, 11) is 4.10. The van der Waals surface area contributed by atoms with Crippen molar-refractivity contribution < 1.29 is 4.42 Å². The van der Waals surface area contributed by atoms with Crippen molar-refractivity contribution in [1.82, 2.24) is 15.5 Å². The molecule has 134 valence electrons. The standard InChI is InChI=1S/C17H32N4O.HI/c1-5-7-8-9-12-19-17(18-6-2)20-14-15(21(3)4)16-11-10-13-22-16;/h10-11,13,15H,5-9,12,14H2,1-4H3,(H2,18,19,20);1H. The van der Waals surface area contributed by atoms with Crippen LogP contribution in [0.2, 0.25) is 0 Å². The SMILES string of the molecule is CCCCCCNC(=NCC(c1ccco1)N(C)C)NCC.I. The maximum atomic E-state index is 5.52. The summed E-state index contributed by atoms with van der Waals surface area (Å²) in [6.45, 7) is 6.83. The number of aliphatic imine (C=N–C) groups is 1. The Kier molecular flexibility index (Phi) is 13.2. The van der Waals surface area contributed by atoms with E-state index in [9.17, 15) is 0 Å². The first kappa shape index (κ1) is 22.2. The molecule has 1 unspecified atom stereocenters. The van der Waals surface area contributed by atoms with Gasteiger partial charge in [0.05, 0.1) is 18.8 Å². The van der Waals surface area contributed by atoms with Gasteiger partial charge in [-0.25, -0.2) is 0 Å². The lowest BCUT2D eigenvalue weighted by Gasteiger charge is -2.21. The minimum absolute atomic E-state index is 0. The summed E-state index contributed by atoms with van der Waals surface area (Å²) in [5.41, 5.74) is 0. The van der Waals surface area contributed by atoms with Gasteiger partial charge in [0.2, 0.25) is 0 Å². The molecule has 1 aromatic heterocycles. The monoisotopic (exact) mass is 436 g/mol. The first-order valence-electron chi connectivity index (χ1n) is 8.41. The highest BCUT2D eigenvalue weighted by atomic mass is 127. The lowest BCUT2D eigenvalue weighted by molar-refractivity contribution is 0.265. The smallest absolute Gasteiger partial charge is 0.191 e. The molecule has 0 bridgehead atoms. The molecule has 1 aromatic rings. The van der Waals surface area contributed by atoms with Crippen LogP contribution in [0.3, 0.4) is 0 Å². The second-order valence-corrected chi connectivity index (χ2v) is 5.70. The summed E-state index contributed by atoms with van der Waals surface area (Å²) in [4.78, 5) is 6.83. The zero-order valence-electron chi connectivity index (χ0n) is 15.0. The molecule has 0 aliphatic heterocycles. The van der Waals surface area contributed by atoms with Crippen molar-refractivity contribution in [2.24, 2.45) is 4.99 Å². The van der Waals surface area contributed by atoms with Gasteiger partial charge in [0, 0.05) is 13.1 Å². The zero-order chi connectivity index (χ0) is 16.2. The predicted octanol–water partition coefficient (Wildman–Crippen LogP) is 3.64. The molecule has 6 heteroatoms. The highest BCUT2D eigenvalue weighted by Gasteiger charge is 2.16. The molecule has 0 spiro atoms. The number of likely N-dealkylation sites (N-methyl/N-ethyl adjacent to an activating group) is 1. The predicted molar refractivity (Wildman–Crippen MR) is 109 cm³/mol. The van der Waals surface area contributed by atoms with E-state index in [4.69, 9.17) is 9.41 Å². The van der Waals surface area contributed by atoms with Gasteiger partial charge in [-0.1, -0.05) is 26.2 Å². The number of hydrogen-bond acceptors (Lipinski definition) is 3. The Morgan fingerprint density at radius 1 is 1.22 bits per heavy atom. The molecule has 0 saturated carbocycles. The average Bonchev–Trinajstić information content (AvgIpc) is 3.00. The van der Waals surface area contributed by atoms with E-state index >= 15 is 0 Å². The zero-order valence-corrected chi connectivity index (χ0v) is 17.3. The van der Waals surface area contributed by atoms with Crippen molar-refractivity contribution in [3.63, 3.8) is 0 Å². The van der Waals surface area contributed by atoms with Gasteiger partial charge in [0.1, 0.15) is 5.76 Å². The van der Waals surface area contributed by atoms with Crippen LogP contribution < -0.4 is 10.6 Å². The number of nitrogens with zero attached hydrogens (tertiary/aromatic N) is 2. The molecule has 0 fully saturated rings. The lowest BCUT2D eigenvalue weighted by atomic mass is 10.2. The maximum Gasteiger partial charge on any atom is 0.191 e. The van der Waals surface area contributed by atoms with E-state index in [1.165, 1.54) is 25.7 Å². The third-order valence-corrected chi connectivity index (χ3v) is 3.58. The van der Waals surface area contributed by atoms with Gasteiger partial charge in [-0.15, -0.1) is 24.0 Å². The van der Waals surface area contributed by atoms with Gasteiger partial charge in [0.15, 0.2) is 5.96 Å². The van der Waals surface area contributed by atoms with E-state index in [0.717, 1.165) is 24.8 Å². The molecule has 0 aromatic carbocycles. The van der Waals surface area contributed by atoms with Crippen molar-refractivity contribution in [1.29, 1.82) is 0 Å². The molecule has 1 atom stereocenters. The van der Waals surface area contributed by atoms with Crippen LogP contribution in [-0.2, 0) is 0 Å². The second kappa shape index (κ2) is 13.7. The van der Waals surface area contributed by atoms with Gasteiger partial charge >= 0.3 is 0 Å². The second-order valence-electron chi connectivity index (χ2n) is 5.70. The minimum Gasteiger partial charge on any atom is -0.468 e. The van der Waals surface area contributed by atoms with Crippen LogP contribution >= 0.6 is 24.0 Å². The van der Waals surface area contributed by atoms with Crippen LogP contribution in [0.4, 0.5) is 0 Å². The summed E-state index contributed by atoms with van der Waals surface area (Å²) < 4.78 is 5.52. The van der Waals surface area contributed by atoms with Crippen LogP contribution in [0.1, 0.15) is 51.3 Å². The fourth-order valence-electron chi connectivity index (χ4n) is 2.27. The van der Waals surface area contributed by atoms with Crippen molar-refractivity contribution in [3.8, 4) is 0 Å². The highest BCUT2D eigenvalue weighted by Crippen LogP contribution is 2.18. The van der Waals surface area contributed by atoms with E-state index in [1.807, 2.05) is 26.2 Å². The van der Waals surface area contributed by atoms with Crippen LogP contribution in [0.15, 0.2) is 27.8 Å². The van der Waals surface area contributed by atoms with Crippen LogP contribution in [-0.4, -0.2) is 44.6 Å². The van der Waals surface area contributed by atoms with Gasteiger partial charge < -0.3 is 15.1 Å². The Balaban J connectivity index is 0.00000484. The molecular weight excluding hydrogens is 403 g/mol. The van der Waals surface area contributed by atoms with E-state index in [-0.39, 0.29) is 30.0 Å². The topological polar surface area (TPSA) is 52.8 Å². The number of halogens is 1. The molecule has 0 saturated heterocycles. The Bertz CT molecular complexity index is 407. The molecule has 0 aliphatic carbocycles. The van der Waals surface area contributed by atoms with E-state index in [2.05, 4.69) is 29.4 Å².